The molecule has 409 valence electrons. The van der Waals surface area contributed by atoms with Gasteiger partial charge in [0.15, 0.2) is 0 Å². The Labute approximate surface area is 469 Å². The quantitative estimate of drug-likeness (QED) is 0.0124. The van der Waals surface area contributed by atoms with E-state index in [4.69, 9.17) is 0 Å². The van der Waals surface area contributed by atoms with Gasteiger partial charge in [0, 0.05) is 130 Å². The number of aromatic nitrogens is 5. The number of unbranched alkanes of at least 4 members (excludes halogenated alkanes) is 1. The van der Waals surface area contributed by atoms with Crippen LogP contribution in [-0.2, 0) is 55.8 Å². The largest absolute Gasteiger partial charge is 0.355 e. The van der Waals surface area contributed by atoms with E-state index >= 15 is 0 Å². The molecule has 78 heavy (non-hydrogen) atoms. The van der Waals surface area contributed by atoms with E-state index in [0.717, 1.165) is 51.1 Å². The minimum absolute atomic E-state index is 0. The monoisotopic (exact) mass is 1300 g/mol. The van der Waals surface area contributed by atoms with Crippen molar-refractivity contribution in [2.45, 2.75) is 56.0 Å². The molecule has 0 fully saturated rings. The molecule has 15 nitrogen and oxygen atoms in total. The van der Waals surface area contributed by atoms with E-state index in [2.05, 4.69) is 53.0 Å². The molecule has 0 bridgehead atoms. The van der Waals surface area contributed by atoms with Gasteiger partial charge >= 0.3 is 0 Å². The summed E-state index contributed by atoms with van der Waals surface area (Å²) >= 11 is 0. The van der Waals surface area contributed by atoms with Crippen LogP contribution in [0.4, 0.5) is 17.6 Å². The van der Waals surface area contributed by atoms with Crippen molar-refractivity contribution in [3.8, 4) is 22.5 Å². The van der Waals surface area contributed by atoms with Gasteiger partial charge in [-0.2, -0.15) is 8.42 Å². The summed E-state index contributed by atoms with van der Waals surface area (Å²) in [6, 6.07) is 32.6. The predicted molar refractivity (Wildman–Crippen MR) is 287 cm³/mol. The van der Waals surface area contributed by atoms with Gasteiger partial charge in [0.25, 0.3) is 10.1 Å². The van der Waals surface area contributed by atoms with Crippen molar-refractivity contribution in [2.24, 2.45) is 0 Å². The van der Waals surface area contributed by atoms with Crippen molar-refractivity contribution in [3.63, 3.8) is 0 Å². The van der Waals surface area contributed by atoms with E-state index in [1.54, 1.807) is 84.2 Å². The minimum Gasteiger partial charge on any atom is -0.355 e. The number of carbonyl (C=O) groups excluding carboxylic acids is 4. The Kier molecular flexibility index (Phi) is 25.4. The van der Waals surface area contributed by atoms with Crippen molar-refractivity contribution in [2.75, 3.05) is 24.6 Å². The standard InChI is InChI=1S/C33H38N6O7S3.2C11H6F2N.Ir/c40-25(21-24-14-18-37-32-26(24)13-12-23-7-6-17-36-31(23)32)8-5-10-29(42)39-27(22-49(44,45)46)33(43)38-16-3-1-9-28(41)34-19-20-47-48-30-11-2-4-15-35-30;2*12-8-4-5-9(10(13)7-8)11-3-1-2-6-14-11;/h2,4,6-7,11-15,17-18,27H,1,3,5,8-10,16,19-22H2,(H,34,41)(H,38,43)(H,39,42)(H,44,45,46);2*1-4,6-7H;/q;2*-1;. The van der Waals surface area contributed by atoms with Crippen molar-refractivity contribution < 1.29 is 69.8 Å². The van der Waals surface area contributed by atoms with Gasteiger partial charge in [-0.1, -0.05) is 82.6 Å². The molecule has 0 aliphatic rings. The van der Waals surface area contributed by atoms with Crippen LogP contribution >= 0.6 is 21.6 Å². The van der Waals surface area contributed by atoms with E-state index < -0.39 is 57.0 Å². The molecule has 0 aliphatic carbocycles. The number of hydrogen-bond donors (Lipinski definition) is 4. The summed E-state index contributed by atoms with van der Waals surface area (Å²) in [7, 11) is -1.47. The molecule has 3 amide bonds. The first kappa shape index (κ1) is 61.8. The molecule has 23 heteroatoms. The van der Waals surface area contributed by atoms with Crippen LogP contribution in [0, 0.1) is 35.4 Å². The van der Waals surface area contributed by atoms with Crippen molar-refractivity contribution in [1.29, 1.82) is 0 Å². The second-order valence-electron chi connectivity index (χ2n) is 16.6. The average molecular weight is 1300 g/mol. The van der Waals surface area contributed by atoms with Crippen LogP contribution < -0.4 is 16.0 Å². The van der Waals surface area contributed by atoms with Gasteiger partial charge in [0.1, 0.15) is 22.6 Å². The zero-order chi connectivity index (χ0) is 55.0. The Morgan fingerprint density at radius 2 is 1.24 bits per heavy atom. The first-order valence-electron chi connectivity index (χ1n) is 23.8. The van der Waals surface area contributed by atoms with Gasteiger partial charge in [-0.05, 0) is 83.4 Å². The molecule has 1 radical (unpaired) electrons. The summed E-state index contributed by atoms with van der Waals surface area (Å²) in [5, 5.41) is 10.4. The Morgan fingerprint density at radius 3 is 1.85 bits per heavy atom. The molecule has 3 aromatic carbocycles. The fraction of sp³-hybridized carbons (Fsp3) is 0.218. The molecule has 1 unspecified atom stereocenters. The maximum atomic E-state index is 13.2. The van der Waals surface area contributed by atoms with Crippen LogP contribution in [0.15, 0.2) is 145 Å². The molecule has 8 rings (SSSR count). The minimum atomic E-state index is -4.59. The molecule has 0 aliphatic heterocycles. The van der Waals surface area contributed by atoms with Crippen LogP contribution in [0.2, 0.25) is 0 Å². The van der Waals surface area contributed by atoms with Gasteiger partial charge in [-0.3, -0.25) is 51.3 Å². The maximum absolute atomic E-state index is 13.2. The van der Waals surface area contributed by atoms with Crippen LogP contribution in [0.3, 0.4) is 0 Å². The van der Waals surface area contributed by atoms with Crippen molar-refractivity contribution in [1.82, 2.24) is 40.9 Å². The molecule has 0 saturated heterocycles. The number of carbonyl (C=O) groups is 4. The molecule has 4 N–H and O–H groups in total. The normalized spacial score (nSPS) is 11.2. The summed E-state index contributed by atoms with van der Waals surface area (Å²) in [6.07, 6.45) is 9.60. The van der Waals surface area contributed by atoms with Gasteiger partial charge in [-0.15, -0.1) is 24.3 Å². The van der Waals surface area contributed by atoms with E-state index in [0.29, 0.717) is 42.0 Å². The molecule has 8 aromatic rings. The molecule has 5 heterocycles. The van der Waals surface area contributed by atoms with E-state index in [-0.39, 0.29) is 81.6 Å². The molecular formula is C55H50F4IrN8O7S3-2. The van der Waals surface area contributed by atoms with Gasteiger partial charge < -0.3 is 25.9 Å². The zero-order valence-corrected chi connectivity index (χ0v) is 46.2. The molecule has 5 aromatic heterocycles. The number of benzene rings is 3. The number of halogens is 4. The Bertz CT molecular complexity index is 3280. The first-order valence-corrected chi connectivity index (χ1v) is 27.7. The molecule has 1 atom stereocenters. The number of pyridine rings is 5. The Hall–Kier alpha value is -7.01. The van der Waals surface area contributed by atoms with Crippen molar-refractivity contribution >= 4 is 77.0 Å². The second kappa shape index (κ2) is 32.0. The number of amides is 3. The number of nitrogens with one attached hydrogen (secondary N) is 3. The summed E-state index contributed by atoms with van der Waals surface area (Å²) in [5.41, 5.74) is 3.52. The number of fused-ring (bicyclic) bond motifs is 3. The first-order chi connectivity index (χ1) is 37.1. The molecule has 0 saturated carbocycles. The van der Waals surface area contributed by atoms with Crippen molar-refractivity contribution in [3.05, 3.63) is 181 Å². The summed E-state index contributed by atoms with van der Waals surface area (Å²) < 4.78 is 84.0. The number of nitrogens with zero attached hydrogens (tertiary/aromatic N) is 5. The topological polar surface area (TPSA) is 223 Å². The van der Waals surface area contributed by atoms with E-state index in [1.165, 1.54) is 10.8 Å². The van der Waals surface area contributed by atoms with Crippen LogP contribution in [0.25, 0.3) is 44.3 Å². The maximum Gasteiger partial charge on any atom is 0.267 e. The number of hydrogen-bond acceptors (Lipinski definition) is 13. The average Bonchev–Trinajstić information content (AvgIpc) is 3.41. The molecule has 0 spiro atoms. The van der Waals surface area contributed by atoms with Gasteiger partial charge in [0.2, 0.25) is 17.7 Å². The third-order valence-corrected chi connectivity index (χ3v) is 13.8. The fourth-order valence-electron chi connectivity index (χ4n) is 7.24. The molecular weight excluding hydrogens is 1250 g/mol. The third-order valence-electron chi connectivity index (χ3n) is 10.8. The van der Waals surface area contributed by atoms with Gasteiger partial charge in [-0.25, -0.2) is 4.98 Å². The second-order valence-corrected chi connectivity index (χ2v) is 20.6. The number of rotatable bonds is 22. The number of Topliss-reactive ketones (excluding diaryl/α,β-unsaturated/α-hetero) is 1. The van der Waals surface area contributed by atoms with E-state index in [1.807, 2.05) is 42.5 Å². The van der Waals surface area contributed by atoms with Gasteiger partial charge in [0.05, 0.1) is 11.0 Å². The zero-order valence-electron chi connectivity index (χ0n) is 41.3. The fourth-order valence-corrected chi connectivity index (χ4v) is 9.68. The van der Waals surface area contributed by atoms with Crippen LogP contribution in [0.5, 0.6) is 0 Å². The third kappa shape index (κ3) is 20.7. The predicted octanol–water partition coefficient (Wildman–Crippen LogP) is 9.33. The van der Waals surface area contributed by atoms with Crippen LogP contribution in [0.1, 0.15) is 44.1 Å². The smallest absolute Gasteiger partial charge is 0.267 e. The summed E-state index contributed by atoms with van der Waals surface area (Å²) in [4.78, 5) is 71.1. The SMILES string of the molecule is Fc1c[c-]c(-c2ccccn2)c(F)c1.Fc1c[c-]c(-c2ccccn2)c(F)c1.O=C(CCCC(=O)NC(CS(=O)(=O)O)C(=O)NCCCCC(=O)NCCSSc1ccccn1)Cc1ccnc2c1ccc1cccnc12.[Ir]. The number of ketones is 1. The summed E-state index contributed by atoms with van der Waals surface area (Å²) in [5.74, 6) is -4.49. The summed E-state index contributed by atoms with van der Waals surface area (Å²) in [6.45, 7) is 0.646. The van der Waals surface area contributed by atoms with E-state index in [9.17, 15) is 49.7 Å². The van der Waals surface area contributed by atoms with Crippen LogP contribution in [-0.4, -0.2) is 92.0 Å². The Morgan fingerprint density at radius 1 is 0.628 bits per heavy atom. The Balaban J connectivity index is 0.000000309.